The van der Waals surface area contributed by atoms with E-state index in [1.807, 2.05) is 63.2 Å². The van der Waals surface area contributed by atoms with Gasteiger partial charge in [0.05, 0.1) is 24.9 Å². The molecule has 1 atom stereocenters. The predicted octanol–water partition coefficient (Wildman–Crippen LogP) is 4.49. The van der Waals surface area contributed by atoms with Gasteiger partial charge in [-0.3, -0.25) is 0 Å². The summed E-state index contributed by atoms with van der Waals surface area (Å²) >= 11 is 0. The second-order valence-electron chi connectivity index (χ2n) is 9.99. The number of benzene rings is 3. The molecule has 3 rings (SSSR count). The highest BCUT2D eigenvalue weighted by atomic mass is 19.1. The van der Waals surface area contributed by atoms with Crippen molar-refractivity contribution in [2.45, 2.75) is 51.8 Å². The normalized spacial score (nSPS) is 12.5. The second kappa shape index (κ2) is 12.9. The van der Waals surface area contributed by atoms with E-state index < -0.39 is 17.6 Å². The van der Waals surface area contributed by atoms with Crippen molar-refractivity contribution < 1.29 is 24.1 Å². The Bertz CT molecular complexity index is 1200. The number of carboxylic acids is 1. The first-order valence-electron chi connectivity index (χ1n) is 12.5. The third-order valence-corrected chi connectivity index (χ3v) is 6.52. The Balaban J connectivity index is 1.54. The second-order valence-corrected chi connectivity index (χ2v) is 9.99. The lowest BCUT2D eigenvalue weighted by Gasteiger charge is -2.28. The average Bonchev–Trinajstić information content (AvgIpc) is 2.87. The SMILES string of the molecule is Cc1c(C(=O)O)ccc(-c2ccccc2)c1CCOC[C@H](O)CNC(C)(C)Cc1ccc(CN)cc1F. The molecule has 0 saturated heterocycles. The molecule has 3 aromatic rings. The van der Waals surface area contributed by atoms with E-state index in [1.54, 1.807) is 12.1 Å². The molecule has 7 heteroatoms. The first-order valence-corrected chi connectivity index (χ1v) is 12.5. The smallest absolute Gasteiger partial charge is 0.335 e. The number of carboxylic acid groups (broad SMARTS) is 1. The number of carbonyl (C=O) groups is 1. The number of ether oxygens (including phenoxy) is 1. The van der Waals surface area contributed by atoms with E-state index in [1.165, 1.54) is 6.07 Å². The number of aliphatic hydroxyl groups is 1. The largest absolute Gasteiger partial charge is 0.478 e. The van der Waals surface area contributed by atoms with Gasteiger partial charge in [-0.15, -0.1) is 0 Å². The summed E-state index contributed by atoms with van der Waals surface area (Å²) in [5.41, 5.74) is 10.4. The molecule has 198 valence electrons. The van der Waals surface area contributed by atoms with E-state index in [0.29, 0.717) is 37.1 Å². The fourth-order valence-corrected chi connectivity index (χ4v) is 4.45. The third-order valence-electron chi connectivity index (χ3n) is 6.52. The molecule has 0 saturated carbocycles. The number of nitrogens with one attached hydrogen (secondary N) is 1. The van der Waals surface area contributed by atoms with E-state index in [-0.39, 0.29) is 24.5 Å². The zero-order valence-corrected chi connectivity index (χ0v) is 21.8. The van der Waals surface area contributed by atoms with Gasteiger partial charge >= 0.3 is 5.97 Å². The van der Waals surface area contributed by atoms with Crippen LogP contribution in [0.5, 0.6) is 0 Å². The molecule has 0 aromatic heterocycles. The van der Waals surface area contributed by atoms with Crippen molar-refractivity contribution >= 4 is 5.97 Å². The average molecular weight is 509 g/mol. The Hall–Kier alpha value is -3.10. The van der Waals surface area contributed by atoms with Gasteiger partial charge in [0.1, 0.15) is 5.82 Å². The van der Waals surface area contributed by atoms with Gasteiger partial charge in [-0.05, 0) is 79.1 Å². The number of β-amino-alcohol motifs (C(OH)–C–C–N with tert-alkyl or cyclic N) is 1. The molecule has 0 bridgehead atoms. The van der Waals surface area contributed by atoms with Crippen LogP contribution >= 0.6 is 0 Å². The van der Waals surface area contributed by atoms with Crippen molar-refractivity contribution in [3.63, 3.8) is 0 Å². The Morgan fingerprint density at radius 3 is 2.51 bits per heavy atom. The molecule has 0 aliphatic carbocycles. The number of aliphatic hydroxyl groups excluding tert-OH is 1. The molecule has 5 N–H and O–H groups in total. The zero-order valence-electron chi connectivity index (χ0n) is 21.8. The summed E-state index contributed by atoms with van der Waals surface area (Å²) in [4.78, 5) is 11.7. The fraction of sp³-hybridized carbons (Fsp3) is 0.367. The lowest BCUT2D eigenvalue weighted by atomic mass is 9.91. The molecule has 0 radical (unpaired) electrons. The van der Waals surface area contributed by atoms with Crippen molar-refractivity contribution in [2.75, 3.05) is 19.8 Å². The topological polar surface area (TPSA) is 105 Å². The molecule has 0 heterocycles. The summed E-state index contributed by atoms with van der Waals surface area (Å²) in [5.74, 6) is -1.24. The van der Waals surface area contributed by atoms with Gasteiger partial charge in [0.15, 0.2) is 0 Å². The van der Waals surface area contributed by atoms with Crippen molar-refractivity contribution in [1.29, 1.82) is 0 Å². The Kier molecular flexibility index (Phi) is 9.94. The zero-order chi connectivity index (χ0) is 27.0. The van der Waals surface area contributed by atoms with Crippen LogP contribution in [0.4, 0.5) is 4.39 Å². The number of nitrogens with two attached hydrogens (primary N) is 1. The maximum atomic E-state index is 14.4. The molecule has 0 spiro atoms. The summed E-state index contributed by atoms with van der Waals surface area (Å²) < 4.78 is 20.1. The van der Waals surface area contributed by atoms with Gasteiger partial charge in [0.2, 0.25) is 0 Å². The highest BCUT2D eigenvalue weighted by Crippen LogP contribution is 2.29. The highest BCUT2D eigenvalue weighted by molar-refractivity contribution is 5.91. The first kappa shape index (κ1) is 28.5. The molecule has 37 heavy (non-hydrogen) atoms. The van der Waals surface area contributed by atoms with Gasteiger partial charge < -0.3 is 26.0 Å². The van der Waals surface area contributed by atoms with Gasteiger partial charge in [0.25, 0.3) is 0 Å². The standard InChI is InChI=1S/C30H37FN2O4/c1-20-25(27(12-11-26(20)29(35)36)22-7-5-4-6-8-22)13-14-37-19-24(34)18-33-30(2,3)16-23-10-9-21(17-32)15-28(23)31/h4-12,15,24,33-34H,13-14,16-19,32H2,1-3H3,(H,35,36)/t24-/m1/s1. The van der Waals surface area contributed by atoms with Crippen LogP contribution in [0.3, 0.4) is 0 Å². The maximum absolute atomic E-state index is 14.4. The molecule has 0 aliphatic rings. The number of halogens is 1. The first-order chi connectivity index (χ1) is 17.6. The Labute approximate surface area is 218 Å². The highest BCUT2D eigenvalue weighted by Gasteiger charge is 2.21. The summed E-state index contributed by atoms with van der Waals surface area (Å²) in [6.07, 6.45) is 0.225. The summed E-state index contributed by atoms with van der Waals surface area (Å²) in [6.45, 7) is 6.78. The minimum atomic E-state index is -0.960. The van der Waals surface area contributed by atoms with Crippen LogP contribution in [0, 0.1) is 12.7 Å². The van der Waals surface area contributed by atoms with Gasteiger partial charge in [-0.2, -0.15) is 0 Å². The van der Waals surface area contributed by atoms with Crippen LogP contribution in [-0.2, 0) is 24.1 Å². The number of aromatic carboxylic acids is 1. The monoisotopic (exact) mass is 508 g/mol. The Morgan fingerprint density at radius 1 is 1.14 bits per heavy atom. The van der Waals surface area contributed by atoms with Crippen molar-refractivity contribution in [3.05, 3.63) is 94.3 Å². The van der Waals surface area contributed by atoms with Crippen LogP contribution in [0.1, 0.15) is 46.5 Å². The van der Waals surface area contributed by atoms with Crippen LogP contribution in [0.2, 0.25) is 0 Å². The summed E-state index contributed by atoms with van der Waals surface area (Å²) in [6, 6.07) is 18.4. The van der Waals surface area contributed by atoms with E-state index in [9.17, 15) is 19.4 Å². The van der Waals surface area contributed by atoms with Crippen molar-refractivity contribution in [3.8, 4) is 11.1 Å². The molecule has 6 nitrogen and oxygen atoms in total. The molecule has 0 unspecified atom stereocenters. The molecular formula is C30H37FN2O4. The molecular weight excluding hydrogens is 471 g/mol. The predicted molar refractivity (Wildman–Crippen MR) is 144 cm³/mol. The van der Waals surface area contributed by atoms with E-state index in [2.05, 4.69) is 5.32 Å². The van der Waals surface area contributed by atoms with Crippen molar-refractivity contribution in [1.82, 2.24) is 5.32 Å². The molecule has 3 aromatic carbocycles. The fourth-order valence-electron chi connectivity index (χ4n) is 4.45. The van der Waals surface area contributed by atoms with Gasteiger partial charge in [-0.1, -0.05) is 48.5 Å². The minimum Gasteiger partial charge on any atom is -0.478 e. The minimum absolute atomic E-state index is 0.126. The quantitative estimate of drug-likeness (QED) is 0.254. The van der Waals surface area contributed by atoms with Crippen LogP contribution < -0.4 is 11.1 Å². The van der Waals surface area contributed by atoms with Crippen LogP contribution in [0.25, 0.3) is 11.1 Å². The number of rotatable bonds is 13. The van der Waals surface area contributed by atoms with Gasteiger partial charge in [-0.25, -0.2) is 9.18 Å². The molecule has 0 amide bonds. The van der Waals surface area contributed by atoms with E-state index >= 15 is 0 Å². The lowest BCUT2D eigenvalue weighted by molar-refractivity contribution is 0.0348. The third kappa shape index (κ3) is 7.94. The van der Waals surface area contributed by atoms with E-state index in [4.69, 9.17) is 10.5 Å². The number of hydrogen-bond acceptors (Lipinski definition) is 5. The summed E-state index contributed by atoms with van der Waals surface area (Å²) in [5, 5.41) is 23.3. The summed E-state index contributed by atoms with van der Waals surface area (Å²) in [7, 11) is 0. The van der Waals surface area contributed by atoms with Crippen molar-refractivity contribution in [2.24, 2.45) is 5.73 Å². The van der Waals surface area contributed by atoms with Crippen LogP contribution in [-0.4, -0.2) is 47.6 Å². The molecule has 0 aliphatic heterocycles. The van der Waals surface area contributed by atoms with E-state index in [0.717, 1.165) is 22.3 Å². The maximum Gasteiger partial charge on any atom is 0.335 e. The molecule has 0 fully saturated rings. The van der Waals surface area contributed by atoms with Gasteiger partial charge in [0, 0.05) is 18.6 Å². The van der Waals surface area contributed by atoms with Crippen LogP contribution in [0.15, 0.2) is 60.7 Å². The Morgan fingerprint density at radius 2 is 1.86 bits per heavy atom. The lowest BCUT2D eigenvalue weighted by Crippen LogP contribution is -2.46. The number of hydrogen-bond donors (Lipinski definition) is 4.